The zero-order chi connectivity index (χ0) is 7.78. The molecular weight excluding hydrogens is 132 g/mol. The van der Waals surface area contributed by atoms with Gasteiger partial charge in [-0.05, 0) is 13.3 Å². The van der Waals surface area contributed by atoms with Gasteiger partial charge in [0.25, 0.3) is 0 Å². The maximum Gasteiger partial charge on any atom is 0.235 e. The molecule has 0 radical (unpaired) electrons. The number of hydrogen-bond donors (Lipinski definition) is 2. The predicted molar refractivity (Wildman–Crippen MR) is 34.9 cm³/mol. The van der Waals surface area contributed by atoms with Crippen molar-refractivity contribution in [3.8, 4) is 0 Å². The molecular formula is C6H10N2O2. The highest BCUT2D eigenvalue weighted by atomic mass is 16.2. The molecule has 1 saturated heterocycles. The standard InChI is InChI=1S/C6H10N2O2/c1-6(4(7)9)2-3-8-5(6)10/h2-3H2,1H3,(H2,7,9)(H,8,10). The molecule has 3 N–H and O–H groups in total. The largest absolute Gasteiger partial charge is 0.369 e. The fraction of sp³-hybridized carbons (Fsp3) is 0.667. The van der Waals surface area contributed by atoms with Crippen LogP contribution in [0.3, 0.4) is 0 Å². The third kappa shape index (κ3) is 0.761. The molecule has 0 aromatic rings. The molecule has 2 amide bonds. The fourth-order valence-corrected chi connectivity index (χ4v) is 0.970. The topological polar surface area (TPSA) is 72.2 Å². The summed E-state index contributed by atoms with van der Waals surface area (Å²) < 4.78 is 0. The maximum atomic E-state index is 10.9. The van der Waals surface area contributed by atoms with Crippen LogP contribution in [0.2, 0.25) is 0 Å². The number of carbonyl (C=O) groups excluding carboxylic acids is 2. The Morgan fingerprint density at radius 1 is 1.80 bits per heavy atom. The van der Waals surface area contributed by atoms with Crippen molar-refractivity contribution >= 4 is 11.8 Å². The van der Waals surface area contributed by atoms with E-state index in [1.165, 1.54) is 0 Å². The minimum Gasteiger partial charge on any atom is -0.369 e. The predicted octanol–water partition coefficient (Wildman–Crippen LogP) is -1.00. The average molecular weight is 142 g/mol. The third-order valence-corrected chi connectivity index (χ3v) is 1.96. The van der Waals surface area contributed by atoms with Gasteiger partial charge in [0.1, 0.15) is 5.41 Å². The quantitative estimate of drug-likeness (QED) is 0.461. The number of primary amides is 1. The van der Waals surface area contributed by atoms with Crippen LogP contribution in [0, 0.1) is 5.41 Å². The molecule has 4 nitrogen and oxygen atoms in total. The SMILES string of the molecule is CC1(C(N)=O)CCNC1=O. The van der Waals surface area contributed by atoms with E-state index >= 15 is 0 Å². The second-order valence-corrected chi connectivity index (χ2v) is 2.70. The van der Waals surface area contributed by atoms with E-state index in [2.05, 4.69) is 5.32 Å². The van der Waals surface area contributed by atoms with E-state index in [-0.39, 0.29) is 5.91 Å². The number of nitrogens with one attached hydrogen (secondary N) is 1. The monoisotopic (exact) mass is 142 g/mol. The van der Waals surface area contributed by atoms with Crippen molar-refractivity contribution in [2.24, 2.45) is 11.1 Å². The summed E-state index contributed by atoms with van der Waals surface area (Å²) in [6.45, 7) is 2.12. The first kappa shape index (κ1) is 7.05. The van der Waals surface area contributed by atoms with E-state index in [4.69, 9.17) is 5.73 Å². The van der Waals surface area contributed by atoms with Crippen LogP contribution in [-0.2, 0) is 9.59 Å². The Kier molecular flexibility index (Phi) is 1.39. The highest BCUT2D eigenvalue weighted by Gasteiger charge is 2.42. The summed E-state index contributed by atoms with van der Waals surface area (Å²) in [4.78, 5) is 21.6. The molecule has 0 aliphatic carbocycles. The Hall–Kier alpha value is -1.06. The summed E-state index contributed by atoms with van der Waals surface area (Å²) in [6.07, 6.45) is 0.515. The molecule has 10 heavy (non-hydrogen) atoms. The molecule has 0 aromatic heterocycles. The molecule has 4 heteroatoms. The van der Waals surface area contributed by atoms with Crippen molar-refractivity contribution < 1.29 is 9.59 Å². The van der Waals surface area contributed by atoms with Gasteiger partial charge in [0.15, 0.2) is 0 Å². The molecule has 1 aliphatic rings. The normalized spacial score (nSPS) is 31.9. The zero-order valence-corrected chi connectivity index (χ0v) is 5.81. The van der Waals surface area contributed by atoms with Crippen molar-refractivity contribution in [3.63, 3.8) is 0 Å². The summed E-state index contributed by atoms with van der Waals surface area (Å²) in [5, 5.41) is 2.55. The molecule has 0 aromatic carbocycles. The summed E-state index contributed by atoms with van der Waals surface area (Å²) in [6, 6.07) is 0. The lowest BCUT2D eigenvalue weighted by molar-refractivity contribution is -0.137. The summed E-state index contributed by atoms with van der Waals surface area (Å²) in [5.41, 5.74) is 4.06. The number of nitrogens with two attached hydrogens (primary N) is 1. The Balaban J connectivity index is 2.86. The molecule has 1 atom stereocenters. The number of rotatable bonds is 1. The van der Waals surface area contributed by atoms with Gasteiger partial charge < -0.3 is 11.1 Å². The molecule has 0 spiro atoms. The van der Waals surface area contributed by atoms with Crippen molar-refractivity contribution in [2.45, 2.75) is 13.3 Å². The lowest BCUT2D eigenvalue weighted by atomic mass is 9.88. The van der Waals surface area contributed by atoms with E-state index in [1.807, 2.05) is 0 Å². The van der Waals surface area contributed by atoms with Gasteiger partial charge in [-0.15, -0.1) is 0 Å². The van der Waals surface area contributed by atoms with Crippen molar-refractivity contribution in [1.29, 1.82) is 0 Å². The lowest BCUT2D eigenvalue weighted by Crippen LogP contribution is -2.40. The smallest absolute Gasteiger partial charge is 0.235 e. The summed E-state index contributed by atoms with van der Waals surface area (Å²) in [5.74, 6) is -0.789. The summed E-state index contributed by atoms with van der Waals surface area (Å²) in [7, 11) is 0. The lowest BCUT2D eigenvalue weighted by Gasteiger charge is -2.13. The highest BCUT2D eigenvalue weighted by molar-refractivity contribution is 6.05. The molecule has 0 saturated carbocycles. The van der Waals surface area contributed by atoms with Crippen LogP contribution in [-0.4, -0.2) is 18.4 Å². The Labute approximate surface area is 58.8 Å². The van der Waals surface area contributed by atoms with Gasteiger partial charge in [0, 0.05) is 6.54 Å². The van der Waals surface area contributed by atoms with E-state index < -0.39 is 11.3 Å². The molecule has 1 unspecified atom stereocenters. The van der Waals surface area contributed by atoms with Crippen LogP contribution in [0.1, 0.15) is 13.3 Å². The molecule has 1 heterocycles. The maximum absolute atomic E-state index is 10.9. The molecule has 56 valence electrons. The zero-order valence-electron chi connectivity index (χ0n) is 5.81. The van der Waals surface area contributed by atoms with E-state index in [1.54, 1.807) is 6.92 Å². The fourth-order valence-electron chi connectivity index (χ4n) is 0.970. The molecule has 1 aliphatic heterocycles. The highest BCUT2D eigenvalue weighted by Crippen LogP contribution is 2.24. The Bertz CT molecular complexity index is 190. The number of hydrogen-bond acceptors (Lipinski definition) is 2. The second-order valence-electron chi connectivity index (χ2n) is 2.70. The van der Waals surface area contributed by atoms with Crippen LogP contribution in [0.5, 0.6) is 0 Å². The molecule has 1 rings (SSSR count). The van der Waals surface area contributed by atoms with Crippen LogP contribution in [0.15, 0.2) is 0 Å². The van der Waals surface area contributed by atoms with Crippen LogP contribution >= 0.6 is 0 Å². The Morgan fingerprint density at radius 3 is 2.60 bits per heavy atom. The van der Waals surface area contributed by atoms with Gasteiger partial charge in [-0.25, -0.2) is 0 Å². The van der Waals surface area contributed by atoms with Crippen LogP contribution < -0.4 is 11.1 Å². The van der Waals surface area contributed by atoms with Gasteiger partial charge >= 0.3 is 0 Å². The van der Waals surface area contributed by atoms with E-state index in [9.17, 15) is 9.59 Å². The van der Waals surface area contributed by atoms with Gasteiger partial charge in [0.2, 0.25) is 11.8 Å². The van der Waals surface area contributed by atoms with Crippen molar-refractivity contribution in [2.75, 3.05) is 6.54 Å². The van der Waals surface area contributed by atoms with E-state index in [0.717, 1.165) is 0 Å². The minimum absolute atomic E-state index is 0.250. The second kappa shape index (κ2) is 1.97. The molecule has 0 bridgehead atoms. The first-order valence-electron chi connectivity index (χ1n) is 3.15. The third-order valence-electron chi connectivity index (χ3n) is 1.96. The van der Waals surface area contributed by atoms with Gasteiger partial charge in [0.05, 0.1) is 0 Å². The Morgan fingerprint density at radius 2 is 2.40 bits per heavy atom. The van der Waals surface area contributed by atoms with E-state index in [0.29, 0.717) is 13.0 Å². The van der Waals surface area contributed by atoms with Crippen molar-refractivity contribution in [3.05, 3.63) is 0 Å². The average Bonchev–Trinajstić information content (AvgIpc) is 2.15. The first-order valence-corrected chi connectivity index (χ1v) is 3.15. The van der Waals surface area contributed by atoms with Gasteiger partial charge in [-0.2, -0.15) is 0 Å². The summed E-state index contributed by atoms with van der Waals surface area (Å²) >= 11 is 0. The number of carbonyl (C=O) groups is 2. The van der Waals surface area contributed by atoms with Crippen LogP contribution in [0.25, 0.3) is 0 Å². The van der Waals surface area contributed by atoms with Crippen LogP contribution in [0.4, 0.5) is 0 Å². The molecule has 1 fully saturated rings. The van der Waals surface area contributed by atoms with Crippen molar-refractivity contribution in [1.82, 2.24) is 5.32 Å². The van der Waals surface area contributed by atoms with Gasteiger partial charge in [-0.3, -0.25) is 9.59 Å². The minimum atomic E-state index is -0.958. The first-order chi connectivity index (χ1) is 4.57. The number of amides is 2. The van der Waals surface area contributed by atoms with Gasteiger partial charge in [-0.1, -0.05) is 0 Å².